The van der Waals surface area contributed by atoms with Gasteiger partial charge in [0, 0.05) is 12.5 Å². The average Bonchev–Trinajstić information content (AvgIpc) is 2.14. The largest absolute Gasteiger partial charge is 0.388 e. The van der Waals surface area contributed by atoms with Gasteiger partial charge >= 0.3 is 0 Å². The van der Waals surface area contributed by atoms with Crippen molar-refractivity contribution in [3.8, 4) is 0 Å². The second-order valence-electron chi connectivity index (χ2n) is 5.24. The zero-order valence-corrected chi connectivity index (χ0v) is 11.1. The number of aromatic amines is 1. The van der Waals surface area contributed by atoms with Crippen molar-refractivity contribution in [2.24, 2.45) is 0 Å². The number of rotatable bonds is 4. The molecule has 0 aliphatic rings. The standard InChI is InChI=1S/C12H21N3O2/c1-6-8-13-9(7-10(16)14-8)15-11(2,3)12(4,5)17/h7,17H,6H2,1-5H3,(H2,13,14,15,16). The number of anilines is 1. The SMILES string of the molecule is CCc1nc(NC(C)(C)C(C)(C)O)cc(=O)[nH]1. The van der Waals surface area contributed by atoms with Crippen LogP contribution >= 0.6 is 0 Å². The molecule has 0 saturated heterocycles. The summed E-state index contributed by atoms with van der Waals surface area (Å²) >= 11 is 0. The minimum Gasteiger partial charge on any atom is -0.388 e. The minimum absolute atomic E-state index is 0.189. The van der Waals surface area contributed by atoms with Crippen molar-refractivity contribution in [2.45, 2.75) is 52.2 Å². The maximum absolute atomic E-state index is 11.4. The molecule has 0 bridgehead atoms. The Morgan fingerprint density at radius 3 is 2.47 bits per heavy atom. The van der Waals surface area contributed by atoms with Gasteiger partial charge in [-0.15, -0.1) is 0 Å². The smallest absolute Gasteiger partial charge is 0.252 e. The molecule has 17 heavy (non-hydrogen) atoms. The molecule has 5 nitrogen and oxygen atoms in total. The van der Waals surface area contributed by atoms with E-state index in [1.807, 2.05) is 20.8 Å². The average molecular weight is 239 g/mol. The number of hydrogen-bond acceptors (Lipinski definition) is 4. The summed E-state index contributed by atoms with van der Waals surface area (Å²) in [6.45, 7) is 9.08. The molecule has 0 aromatic carbocycles. The summed E-state index contributed by atoms with van der Waals surface area (Å²) in [5.74, 6) is 1.12. The number of H-pyrrole nitrogens is 1. The normalized spacial score (nSPS) is 12.6. The first-order valence-corrected chi connectivity index (χ1v) is 5.76. The summed E-state index contributed by atoms with van der Waals surface area (Å²) in [6.07, 6.45) is 0.660. The fraction of sp³-hybridized carbons (Fsp3) is 0.667. The predicted molar refractivity (Wildman–Crippen MR) is 68.2 cm³/mol. The van der Waals surface area contributed by atoms with Crippen molar-refractivity contribution >= 4 is 5.82 Å². The van der Waals surface area contributed by atoms with Crippen LogP contribution in [0.5, 0.6) is 0 Å². The van der Waals surface area contributed by atoms with Crippen LogP contribution in [0.25, 0.3) is 0 Å². The van der Waals surface area contributed by atoms with Gasteiger partial charge in [-0.3, -0.25) is 4.79 Å². The predicted octanol–water partition coefficient (Wildman–Crippen LogP) is 1.29. The van der Waals surface area contributed by atoms with Crippen molar-refractivity contribution in [1.82, 2.24) is 9.97 Å². The Kier molecular flexibility index (Phi) is 3.62. The molecule has 0 fully saturated rings. The van der Waals surface area contributed by atoms with Crippen LogP contribution in [0, 0.1) is 0 Å². The summed E-state index contributed by atoms with van der Waals surface area (Å²) < 4.78 is 0. The molecule has 0 radical (unpaired) electrons. The molecular weight excluding hydrogens is 218 g/mol. The first-order valence-electron chi connectivity index (χ1n) is 5.76. The number of aromatic nitrogens is 2. The number of aliphatic hydroxyl groups is 1. The molecule has 96 valence electrons. The van der Waals surface area contributed by atoms with Gasteiger partial charge in [-0.1, -0.05) is 6.92 Å². The Balaban J connectivity index is 3.03. The third-order valence-corrected chi connectivity index (χ3v) is 3.10. The molecule has 3 N–H and O–H groups in total. The lowest BCUT2D eigenvalue weighted by Crippen LogP contribution is -2.51. The van der Waals surface area contributed by atoms with E-state index >= 15 is 0 Å². The first kappa shape index (κ1) is 13.7. The second-order valence-corrected chi connectivity index (χ2v) is 5.24. The molecule has 0 unspecified atom stereocenters. The number of nitrogens with one attached hydrogen (secondary N) is 2. The fourth-order valence-corrected chi connectivity index (χ4v) is 1.21. The summed E-state index contributed by atoms with van der Waals surface area (Å²) in [5.41, 5.74) is -1.70. The third kappa shape index (κ3) is 3.30. The molecule has 0 aliphatic heterocycles. The molecular formula is C12H21N3O2. The van der Waals surface area contributed by atoms with Crippen LogP contribution < -0.4 is 10.9 Å². The number of hydrogen-bond donors (Lipinski definition) is 3. The van der Waals surface area contributed by atoms with Crippen LogP contribution in [0.4, 0.5) is 5.82 Å². The Hall–Kier alpha value is -1.36. The maximum Gasteiger partial charge on any atom is 0.252 e. The van der Waals surface area contributed by atoms with Crippen LogP contribution in [-0.4, -0.2) is 26.2 Å². The number of nitrogens with zero attached hydrogens (tertiary/aromatic N) is 1. The molecule has 0 saturated carbocycles. The minimum atomic E-state index is -0.927. The fourth-order valence-electron chi connectivity index (χ4n) is 1.21. The quantitative estimate of drug-likeness (QED) is 0.740. The van der Waals surface area contributed by atoms with Crippen molar-refractivity contribution < 1.29 is 5.11 Å². The van der Waals surface area contributed by atoms with Crippen LogP contribution in [0.1, 0.15) is 40.4 Å². The van der Waals surface area contributed by atoms with E-state index in [1.54, 1.807) is 13.8 Å². The van der Waals surface area contributed by atoms with Gasteiger partial charge in [-0.2, -0.15) is 0 Å². The van der Waals surface area contributed by atoms with E-state index in [9.17, 15) is 9.90 Å². The van der Waals surface area contributed by atoms with Crippen LogP contribution in [0.2, 0.25) is 0 Å². The van der Waals surface area contributed by atoms with E-state index in [2.05, 4.69) is 15.3 Å². The van der Waals surface area contributed by atoms with E-state index in [-0.39, 0.29) is 5.56 Å². The number of aryl methyl sites for hydroxylation is 1. The third-order valence-electron chi connectivity index (χ3n) is 3.10. The van der Waals surface area contributed by atoms with E-state index in [4.69, 9.17) is 0 Å². The van der Waals surface area contributed by atoms with Gasteiger partial charge in [0.05, 0.1) is 11.1 Å². The van der Waals surface area contributed by atoms with Gasteiger partial charge < -0.3 is 15.4 Å². The molecule has 0 aliphatic carbocycles. The van der Waals surface area contributed by atoms with Crippen molar-refractivity contribution in [2.75, 3.05) is 5.32 Å². The summed E-state index contributed by atoms with van der Waals surface area (Å²) in [5, 5.41) is 13.1. The van der Waals surface area contributed by atoms with E-state index in [1.165, 1.54) is 6.07 Å². The zero-order valence-electron chi connectivity index (χ0n) is 11.1. The van der Waals surface area contributed by atoms with Crippen molar-refractivity contribution in [3.63, 3.8) is 0 Å². The lowest BCUT2D eigenvalue weighted by Gasteiger charge is -2.38. The summed E-state index contributed by atoms with van der Waals surface area (Å²) in [7, 11) is 0. The molecule has 0 spiro atoms. The molecule has 1 aromatic heterocycles. The molecule has 1 rings (SSSR count). The summed E-state index contributed by atoms with van der Waals surface area (Å²) in [4.78, 5) is 18.3. The summed E-state index contributed by atoms with van der Waals surface area (Å²) in [6, 6.07) is 1.40. The molecule has 5 heteroatoms. The maximum atomic E-state index is 11.4. The monoisotopic (exact) mass is 239 g/mol. The first-order chi connectivity index (χ1) is 7.65. The van der Waals surface area contributed by atoms with Gasteiger partial charge in [-0.05, 0) is 27.7 Å². The van der Waals surface area contributed by atoms with Gasteiger partial charge in [0.25, 0.3) is 5.56 Å². The highest BCUT2D eigenvalue weighted by Gasteiger charge is 2.35. The molecule has 0 atom stereocenters. The van der Waals surface area contributed by atoms with E-state index in [0.29, 0.717) is 18.1 Å². The highest BCUT2D eigenvalue weighted by Crippen LogP contribution is 2.24. The highest BCUT2D eigenvalue weighted by atomic mass is 16.3. The van der Waals surface area contributed by atoms with Gasteiger partial charge in [0.15, 0.2) is 0 Å². The van der Waals surface area contributed by atoms with Crippen LogP contribution in [0.15, 0.2) is 10.9 Å². The van der Waals surface area contributed by atoms with E-state index in [0.717, 1.165) is 0 Å². The molecule has 1 aromatic rings. The Bertz CT molecular complexity index is 444. The Labute approximate surface area is 101 Å². The van der Waals surface area contributed by atoms with Crippen molar-refractivity contribution in [3.05, 3.63) is 22.2 Å². The van der Waals surface area contributed by atoms with Gasteiger partial charge in [-0.25, -0.2) is 4.98 Å². The lowest BCUT2D eigenvalue weighted by molar-refractivity contribution is 0.0238. The lowest BCUT2D eigenvalue weighted by atomic mass is 9.86. The van der Waals surface area contributed by atoms with Gasteiger partial charge in [0.2, 0.25) is 0 Å². The van der Waals surface area contributed by atoms with Crippen LogP contribution in [-0.2, 0) is 6.42 Å². The van der Waals surface area contributed by atoms with Crippen molar-refractivity contribution in [1.29, 1.82) is 0 Å². The topological polar surface area (TPSA) is 78.0 Å². The van der Waals surface area contributed by atoms with E-state index < -0.39 is 11.1 Å². The molecule has 0 amide bonds. The Morgan fingerprint density at radius 1 is 1.41 bits per heavy atom. The second kappa shape index (κ2) is 4.49. The highest BCUT2D eigenvalue weighted by molar-refractivity contribution is 5.37. The zero-order chi connectivity index (χ0) is 13.3. The Morgan fingerprint density at radius 2 is 2.00 bits per heavy atom. The van der Waals surface area contributed by atoms with Crippen LogP contribution in [0.3, 0.4) is 0 Å². The van der Waals surface area contributed by atoms with Gasteiger partial charge in [0.1, 0.15) is 11.6 Å². The molecule has 1 heterocycles.